The third kappa shape index (κ3) is 31.0. The number of benzene rings is 4. The van der Waals surface area contributed by atoms with Gasteiger partial charge in [0.05, 0.1) is 70.3 Å². The summed E-state index contributed by atoms with van der Waals surface area (Å²) in [5, 5.41) is 51.3. The van der Waals surface area contributed by atoms with Gasteiger partial charge in [0.2, 0.25) is 53.2 Å². The molecular formula is C95H130ClN11O23S2. The smallest absolute Gasteiger partial charge is 0.328 e. The third-order valence-corrected chi connectivity index (χ3v) is 27.1. The van der Waals surface area contributed by atoms with Crippen LogP contribution in [0, 0.1) is 11.8 Å². The van der Waals surface area contributed by atoms with E-state index < -0.39 is 155 Å². The number of anilines is 1. The lowest BCUT2D eigenvalue weighted by Crippen LogP contribution is -2.61. The number of rotatable bonds is 40. The number of phenols is 1. The van der Waals surface area contributed by atoms with Gasteiger partial charge in [0.1, 0.15) is 76.2 Å². The SMILES string of the molecule is COc1cc2cc(c1Cl)N(C)C(=O)C[C@H](OC(=O)[C@H](C)N(C)C(=O)CCSSCCC(=O)NCCCOCCOCCOCCCNC(=O)CC[C@H]1C(=O)N[C@@H](Cc3ccc(O)cc3)C(=O)N[C@H](Cc3c[nH]c4ccccc34)C(=O)C[C@@H](CCCCN)C(=O)N[C@@H]([C@@H](C)O)C(=O)N[C@@H](Cc3ccccc3)C(=O)N1C)[C@]1(C)O[C@H]1[C@H](C)[C@@H]1C[C@@](O)(CC(=O)O1)[C@H](OC)/C=C/C=C(\C)C2. The van der Waals surface area contributed by atoms with E-state index in [9.17, 15) is 58.5 Å². The molecule has 5 aromatic rings. The molecule has 37 heteroatoms. The highest BCUT2D eigenvalue weighted by atomic mass is 35.5. The second kappa shape index (κ2) is 52.0. The Labute approximate surface area is 783 Å². The standard InChI is InChI=1S/C95H130ClN11O23S2/c1-58-21-18-27-78(124-10)95(122)55-77(128-84(115)56-95)59(2)87-94(5,130-87)79(54-83(114)106(7)74-50-64(47-58)51-76(123-9)85(74)96)129-93(121)60(3)105(6)82(113)35-46-132-131-45-34-81(112)99-38-20-40-126-42-44-127-43-41-125-39-19-37-98-80(111)33-32-73-90(118)102-71(48-63-28-30-67(109)31-29-63)89(117)101-70(52-66-57-100-69-26-15-14-25-68(66)69)75(110)53-65(24-16-17-36-97)88(116)104-86(61(4)108)91(119)103-72(92(120)107(73)8)49-62-22-12-11-13-23-62/h11-15,18,21-23,25-31,50-51,57,59-61,65,70-73,77-79,86-87,100,108-109,122H,16-17,19-20,24,32-49,52-56,97H2,1-10H3,(H,98,111)(H,99,112)(H,101,117)(H,102,118)(H,103,119)(H,104,116)/b27-18+,58-21+/t59-,60+,61-,65-,70-,71+,72+,73+,77+,78-,79+,86+,87+,94+,95-/m1/s1. The highest BCUT2D eigenvalue weighted by molar-refractivity contribution is 8.76. The second-order valence-electron chi connectivity index (χ2n) is 34.3. The number of nitrogens with two attached hydrogens (primary N) is 1. The zero-order valence-corrected chi connectivity index (χ0v) is 79.3. The van der Waals surface area contributed by atoms with Gasteiger partial charge in [-0.05, 0) is 125 Å². The van der Waals surface area contributed by atoms with E-state index in [1.165, 1.54) is 85.7 Å². The second-order valence-corrected chi connectivity index (χ2v) is 37.4. The molecule has 15 atom stereocenters. The molecule has 34 nitrogen and oxygen atoms in total. The highest BCUT2D eigenvalue weighted by Gasteiger charge is 2.65. The number of phenolic OH excluding ortho intramolecular Hbond substituents is 1. The molecule has 0 spiro atoms. The Morgan fingerprint density at radius 1 is 0.735 bits per heavy atom. The highest BCUT2D eigenvalue weighted by Crippen LogP contribution is 2.50. The molecule has 0 aliphatic carbocycles. The number of aromatic amines is 1. The van der Waals surface area contributed by atoms with Crippen LogP contribution in [0.3, 0.4) is 0 Å². The number of carbonyl (C=O) groups excluding carboxylic acids is 12. The number of hydrogen-bond acceptors (Lipinski definition) is 26. The number of nitrogens with one attached hydrogen (secondary N) is 7. The van der Waals surface area contributed by atoms with Gasteiger partial charge >= 0.3 is 11.9 Å². The average Bonchev–Trinajstić information content (AvgIpc) is 1.57. The number of allylic oxidation sites excluding steroid dienone is 3. The predicted molar refractivity (Wildman–Crippen MR) is 499 cm³/mol. The van der Waals surface area contributed by atoms with Crippen LogP contribution in [0.1, 0.15) is 140 Å². The number of Topliss-reactive ketones (excluding diaryl/α,β-unsaturated/α-hetero) is 1. The Balaban J connectivity index is 0.688. The van der Waals surface area contributed by atoms with Crippen molar-refractivity contribution in [3.05, 3.63) is 148 Å². The predicted octanol–water partition coefficient (Wildman–Crippen LogP) is 6.55. The molecule has 722 valence electrons. The quantitative estimate of drug-likeness (QED) is 0.00857. The number of unbranched alkanes of at least 4 members (excludes halogenated alkanes) is 1. The number of methoxy groups -OCH3 is 2. The molecule has 9 amide bonds. The van der Waals surface area contributed by atoms with Crippen LogP contribution in [0.2, 0.25) is 5.02 Å². The fourth-order valence-electron chi connectivity index (χ4n) is 16.3. The number of aliphatic hydroxyl groups excluding tert-OH is 1. The Morgan fingerprint density at radius 2 is 1.36 bits per heavy atom. The molecule has 4 aliphatic rings. The van der Waals surface area contributed by atoms with Gasteiger partial charge in [0.25, 0.3) is 0 Å². The van der Waals surface area contributed by atoms with Crippen molar-refractivity contribution < 1.29 is 111 Å². The van der Waals surface area contributed by atoms with Crippen LogP contribution < -0.4 is 47.3 Å². The first kappa shape index (κ1) is 106. The van der Waals surface area contributed by atoms with Gasteiger partial charge in [-0.1, -0.05) is 131 Å². The summed E-state index contributed by atoms with van der Waals surface area (Å²) in [4.78, 5) is 178. The van der Waals surface area contributed by atoms with Crippen LogP contribution in [-0.4, -0.2) is 285 Å². The number of hydrogen-bond donors (Lipinski definition) is 11. The number of ether oxygens (including phenoxy) is 8. The van der Waals surface area contributed by atoms with E-state index in [1.54, 1.807) is 93.8 Å². The summed E-state index contributed by atoms with van der Waals surface area (Å²) in [6.07, 6.45) is 2.54. The maximum absolute atomic E-state index is 15.2. The molecule has 5 heterocycles. The first-order valence-electron chi connectivity index (χ1n) is 45.0. The van der Waals surface area contributed by atoms with E-state index in [1.807, 2.05) is 37.3 Å². The fraction of sp³-hybridized carbons (Fsp3) is 0.558. The van der Waals surface area contributed by atoms with Crippen LogP contribution in [0.4, 0.5) is 5.69 Å². The minimum Gasteiger partial charge on any atom is -0.508 e. The van der Waals surface area contributed by atoms with Crippen LogP contribution >= 0.6 is 33.2 Å². The maximum atomic E-state index is 15.2. The number of fused-ring (bicyclic) bond motifs is 6. The Kier molecular flexibility index (Phi) is 41.7. The number of likely N-dealkylation sites (N-methyl/N-ethyl adjacent to an activating group) is 2. The van der Waals surface area contributed by atoms with Crippen molar-refractivity contribution in [2.24, 2.45) is 17.6 Å². The molecule has 4 bridgehead atoms. The van der Waals surface area contributed by atoms with Gasteiger partial charge in [-0.3, -0.25) is 52.7 Å². The first-order chi connectivity index (χ1) is 63.1. The van der Waals surface area contributed by atoms with Crippen molar-refractivity contribution in [3.63, 3.8) is 0 Å². The Hall–Kier alpha value is -9.99. The summed E-state index contributed by atoms with van der Waals surface area (Å²) in [5.74, 6) is -8.02. The molecule has 0 saturated carbocycles. The van der Waals surface area contributed by atoms with Crippen molar-refractivity contribution in [1.82, 2.24) is 46.7 Å². The number of amides is 9. The molecule has 0 radical (unpaired) electrons. The molecule has 132 heavy (non-hydrogen) atoms. The van der Waals surface area contributed by atoms with Crippen molar-refractivity contribution in [1.29, 1.82) is 0 Å². The normalized spacial score (nSPS) is 24.9. The van der Waals surface area contributed by atoms with E-state index in [4.69, 9.17) is 55.2 Å². The molecule has 1 aromatic heterocycles. The largest absolute Gasteiger partial charge is 0.508 e. The monoisotopic (exact) mass is 1890 g/mol. The lowest BCUT2D eigenvalue weighted by Gasteiger charge is -2.41. The van der Waals surface area contributed by atoms with Crippen LogP contribution in [-0.2, 0) is 116 Å². The molecule has 3 fully saturated rings. The summed E-state index contributed by atoms with van der Waals surface area (Å²) in [6.45, 7) is 10.8. The molecule has 3 saturated heterocycles. The van der Waals surface area contributed by atoms with Crippen LogP contribution in [0.25, 0.3) is 10.9 Å². The molecule has 9 rings (SSSR count). The van der Waals surface area contributed by atoms with E-state index in [-0.39, 0.29) is 126 Å². The van der Waals surface area contributed by atoms with E-state index in [0.29, 0.717) is 98.0 Å². The van der Waals surface area contributed by atoms with Gasteiger partial charge in [0.15, 0.2) is 5.78 Å². The molecular weight excluding hydrogens is 1760 g/mol. The minimum absolute atomic E-state index is 0.00327. The Morgan fingerprint density at radius 3 is 2.03 bits per heavy atom. The topological polar surface area (TPSA) is 466 Å². The van der Waals surface area contributed by atoms with Gasteiger partial charge in [-0.25, -0.2) is 4.79 Å². The summed E-state index contributed by atoms with van der Waals surface area (Å²) in [7, 11) is 10.1. The van der Waals surface area contributed by atoms with E-state index in [2.05, 4.69) is 36.9 Å². The first-order valence-corrected chi connectivity index (χ1v) is 47.8. The number of halogens is 1. The zero-order valence-electron chi connectivity index (χ0n) is 76.9. The number of H-pyrrole nitrogens is 1. The molecule has 4 aliphatic heterocycles. The lowest BCUT2D eigenvalue weighted by atomic mass is 9.78. The number of carbonyl (C=O) groups is 12. The van der Waals surface area contributed by atoms with Gasteiger partial charge < -0.3 is 111 Å². The third-order valence-electron chi connectivity index (χ3n) is 24.4. The number of nitrogens with zero attached hydrogens (tertiary/aromatic N) is 3. The van der Waals surface area contributed by atoms with Gasteiger partial charge in [-0.2, -0.15) is 0 Å². The summed E-state index contributed by atoms with van der Waals surface area (Å²) in [5.41, 5.74) is 7.49. The number of para-hydroxylation sites is 1. The van der Waals surface area contributed by atoms with E-state index in [0.717, 1.165) is 26.9 Å². The number of aliphatic hydroxyl groups is 2. The summed E-state index contributed by atoms with van der Waals surface area (Å²) in [6, 6.07) is 17.2. The number of epoxide rings is 1. The number of aromatic nitrogens is 1. The minimum atomic E-state index is -1.64. The molecule has 0 unspecified atom stereocenters. The van der Waals surface area contributed by atoms with Crippen LogP contribution in [0.15, 0.2) is 121 Å². The van der Waals surface area contributed by atoms with Crippen molar-refractivity contribution in [2.75, 3.05) is 111 Å². The van der Waals surface area contributed by atoms with E-state index >= 15 is 14.4 Å². The van der Waals surface area contributed by atoms with Gasteiger partial charge in [-0.15, -0.1) is 0 Å². The zero-order chi connectivity index (χ0) is 95.8. The average molecular weight is 1890 g/mol. The van der Waals surface area contributed by atoms with Gasteiger partial charge in [0, 0.05) is 146 Å². The Bertz CT molecular complexity index is 4800. The summed E-state index contributed by atoms with van der Waals surface area (Å²) >= 11 is 6.86. The summed E-state index contributed by atoms with van der Waals surface area (Å²) < 4.78 is 46.9. The number of esters is 2. The number of ketones is 1. The molecule has 4 aromatic carbocycles. The van der Waals surface area contributed by atoms with Crippen LogP contribution in [0.5, 0.6) is 11.5 Å². The van der Waals surface area contributed by atoms with Crippen molar-refractivity contribution in [3.8, 4) is 11.5 Å². The van der Waals surface area contributed by atoms with Crippen molar-refractivity contribution in [2.45, 2.75) is 222 Å². The lowest BCUT2D eigenvalue weighted by molar-refractivity contribution is -0.187. The van der Waals surface area contributed by atoms with Crippen molar-refractivity contribution >= 4 is 121 Å². The maximum Gasteiger partial charge on any atom is 0.328 e. The molecule has 12 N–H and O–H groups in total. The fourth-order valence-corrected chi connectivity index (χ4v) is 18.6. The number of aromatic hydroxyl groups is 1.